The third-order valence-electron chi connectivity index (χ3n) is 6.47. The van der Waals surface area contributed by atoms with Crippen molar-refractivity contribution in [2.75, 3.05) is 38.5 Å². The summed E-state index contributed by atoms with van der Waals surface area (Å²) in [5.41, 5.74) is 3.08. The number of carbonyl (C=O) groups is 2. The summed E-state index contributed by atoms with van der Waals surface area (Å²) in [6.07, 6.45) is 3.16. The van der Waals surface area contributed by atoms with Crippen LogP contribution in [0, 0.1) is 5.92 Å². The van der Waals surface area contributed by atoms with Gasteiger partial charge < -0.3 is 20.1 Å². The van der Waals surface area contributed by atoms with Crippen molar-refractivity contribution in [3.05, 3.63) is 59.2 Å². The molecule has 2 aromatic carbocycles. The Morgan fingerprint density at radius 3 is 2.56 bits per heavy atom. The second-order valence-electron chi connectivity index (χ2n) is 9.03. The Labute approximate surface area is 200 Å². The van der Waals surface area contributed by atoms with Gasteiger partial charge in [-0.2, -0.15) is 5.10 Å². The number of hydrazone groups is 1. The first-order chi connectivity index (χ1) is 16.4. The van der Waals surface area contributed by atoms with Gasteiger partial charge in [0.15, 0.2) is 0 Å². The molecule has 1 amide bonds. The summed E-state index contributed by atoms with van der Waals surface area (Å²) < 4.78 is 6.03. The van der Waals surface area contributed by atoms with Crippen LogP contribution in [0.3, 0.4) is 0 Å². The topological polar surface area (TPSA) is 94.5 Å². The summed E-state index contributed by atoms with van der Waals surface area (Å²) in [4.78, 5) is 26.3. The van der Waals surface area contributed by atoms with Gasteiger partial charge in [0, 0.05) is 43.3 Å². The van der Waals surface area contributed by atoms with E-state index in [1.165, 1.54) is 0 Å². The average molecular weight is 465 g/mol. The number of carboxylic acid groups (broad SMARTS) is 1. The number of hydrogen-bond donors (Lipinski definition) is 2. The number of amides is 1. The van der Waals surface area contributed by atoms with Gasteiger partial charge in [0.05, 0.1) is 12.6 Å². The molecule has 1 fully saturated rings. The number of fused-ring (bicyclic) bond motifs is 1. The van der Waals surface area contributed by atoms with Crippen molar-refractivity contribution in [1.82, 2.24) is 9.91 Å². The van der Waals surface area contributed by atoms with E-state index in [1.54, 1.807) is 12.1 Å². The number of carboxylic acids is 1. The van der Waals surface area contributed by atoms with Crippen LogP contribution in [-0.4, -0.2) is 72.4 Å². The monoisotopic (exact) mass is 464 g/mol. The largest absolute Gasteiger partial charge is 0.490 e. The van der Waals surface area contributed by atoms with E-state index >= 15 is 0 Å². The summed E-state index contributed by atoms with van der Waals surface area (Å²) >= 11 is 0. The number of ether oxygens (including phenoxy) is 1. The highest BCUT2D eigenvalue weighted by Gasteiger charge is 2.30. The van der Waals surface area contributed by atoms with Crippen LogP contribution in [0.5, 0.6) is 5.75 Å². The Hall–Kier alpha value is -3.39. The molecule has 34 heavy (non-hydrogen) atoms. The number of piperazine rings is 1. The maximum atomic E-state index is 12.8. The molecule has 2 aromatic rings. The van der Waals surface area contributed by atoms with Gasteiger partial charge in [-0.3, -0.25) is 14.6 Å². The predicted octanol–water partition coefficient (Wildman–Crippen LogP) is 3.32. The zero-order valence-corrected chi connectivity index (χ0v) is 19.7. The molecule has 4 rings (SSSR count). The molecule has 8 nitrogen and oxygen atoms in total. The minimum absolute atomic E-state index is 0.0684. The third-order valence-corrected chi connectivity index (χ3v) is 6.47. The maximum Gasteiger partial charge on any atom is 0.303 e. The molecule has 2 atom stereocenters. The lowest BCUT2D eigenvalue weighted by atomic mass is 9.87. The molecule has 8 heteroatoms. The van der Waals surface area contributed by atoms with Gasteiger partial charge in [0.25, 0.3) is 5.91 Å². The van der Waals surface area contributed by atoms with Gasteiger partial charge >= 0.3 is 5.97 Å². The molecule has 0 aliphatic carbocycles. The first-order valence-corrected chi connectivity index (χ1v) is 11.8. The number of nitrogens with zero attached hydrogens (tertiary/aromatic N) is 3. The SMILES string of the molecule is CCC1Oc2ccc(NC(=O)c3ccc(C=NN4CCN(C)CC4)cc3)cc2CC1CC(=O)O. The molecular formula is C26H32N4O4. The highest BCUT2D eigenvalue weighted by Crippen LogP contribution is 2.35. The predicted molar refractivity (Wildman–Crippen MR) is 132 cm³/mol. The van der Waals surface area contributed by atoms with Crippen LogP contribution in [0.25, 0.3) is 0 Å². The van der Waals surface area contributed by atoms with Gasteiger partial charge in [-0.25, -0.2) is 0 Å². The molecular weight excluding hydrogens is 432 g/mol. The summed E-state index contributed by atoms with van der Waals surface area (Å²) in [6.45, 7) is 5.84. The van der Waals surface area contributed by atoms with Crippen LogP contribution in [-0.2, 0) is 11.2 Å². The Kier molecular flexibility index (Phi) is 7.47. The van der Waals surface area contributed by atoms with E-state index < -0.39 is 5.97 Å². The number of carbonyl (C=O) groups excluding carboxylic acids is 1. The van der Waals surface area contributed by atoms with Crippen LogP contribution in [0.1, 0.15) is 41.3 Å². The second-order valence-corrected chi connectivity index (χ2v) is 9.03. The normalized spacial score (nSPS) is 20.6. The Balaban J connectivity index is 1.38. The van der Waals surface area contributed by atoms with E-state index in [4.69, 9.17) is 4.74 Å². The third kappa shape index (κ3) is 5.94. The summed E-state index contributed by atoms with van der Waals surface area (Å²) in [5, 5.41) is 18.8. The number of hydrogen-bond acceptors (Lipinski definition) is 6. The number of aliphatic carboxylic acids is 1. The van der Waals surface area contributed by atoms with E-state index in [-0.39, 0.29) is 24.3 Å². The van der Waals surface area contributed by atoms with Gasteiger partial charge in [0.2, 0.25) is 0 Å². The number of benzene rings is 2. The lowest BCUT2D eigenvalue weighted by molar-refractivity contribution is -0.139. The van der Waals surface area contributed by atoms with Gasteiger partial charge in [0.1, 0.15) is 11.9 Å². The van der Waals surface area contributed by atoms with Crippen molar-refractivity contribution in [1.29, 1.82) is 0 Å². The lowest BCUT2D eigenvalue weighted by Crippen LogP contribution is -2.41. The fourth-order valence-electron chi connectivity index (χ4n) is 4.43. The molecule has 0 radical (unpaired) electrons. The van der Waals surface area contributed by atoms with Crippen molar-refractivity contribution >= 4 is 23.8 Å². The molecule has 0 spiro atoms. The molecule has 0 saturated carbocycles. The zero-order valence-electron chi connectivity index (χ0n) is 19.7. The molecule has 2 aliphatic heterocycles. The summed E-state index contributed by atoms with van der Waals surface area (Å²) in [6, 6.07) is 12.9. The van der Waals surface area contributed by atoms with Gasteiger partial charge in [-0.15, -0.1) is 0 Å². The van der Waals surface area contributed by atoms with Crippen molar-refractivity contribution in [2.24, 2.45) is 11.0 Å². The van der Waals surface area contributed by atoms with Crippen LogP contribution in [0.15, 0.2) is 47.6 Å². The molecule has 2 unspecified atom stereocenters. The van der Waals surface area contributed by atoms with Crippen molar-refractivity contribution in [3.8, 4) is 5.75 Å². The van der Waals surface area contributed by atoms with Crippen LogP contribution in [0.4, 0.5) is 5.69 Å². The Morgan fingerprint density at radius 1 is 1.15 bits per heavy atom. The minimum atomic E-state index is -0.822. The second kappa shape index (κ2) is 10.7. The molecule has 0 bridgehead atoms. The van der Waals surface area contributed by atoms with Crippen LogP contribution >= 0.6 is 0 Å². The van der Waals surface area contributed by atoms with E-state index in [0.717, 1.165) is 49.5 Å². The highest BCUT2D eigenvalue weighted by molar-refractivity contribution is 6.04. The Bertz CT molecular complexity index is 1050. The highest BCUT2D eigenvalue weighted by atomic mass is 16.5. The smallest absolute Gasteiger partial charge is 0.303 e. The molecule has 2 heterocycles. The van der Waals surface area contributed by atoms with E-state index in [2.05, 4.69) is 27.4 Å². The maximum absolute atomic E-state index is 12.8. The minimum Gasteiger partial charge on any atom is -0.490 e. The van der Waals surface area contributed by atoms with Crippen molar-refractivity contribution < 1.29 is 19.4 Å². The van der Waals surface area contributed by atoms with Crippen molar-refractivity contribution in [3.63, 3.8) is 0 Å². The van der Waals surface area contributed by atoms with Crippen LogP contribution < -0.4 is 10.1 Å². The summed E-state index contributed by atoms with van der Waals surface area (Å²) in [5.74, 6) is -0.346. The molecule has 1 saturated heterocycles. The van der Waals surface area contributed by atoms with Crippen molar-refractivity contribution in [2.45, 2.75) is 32.3 Å². The Morgan fingerprint density at radius 2 is 1.88 bits per heavy atom. The quantitative estimate of drug-likeness (QED) is 0.611. The summed E-state index contributed by atoms with van der Waals surface area (Å²) in [7, 11) is 2.11. The molecule has 2 aliphatic rings. The average Bonchev–Trinajstić information content (AvgIpc) is 2.83. The number of anilines is 1. The first kappa shape index (κ1) is 23.8. The van der Waals surface area contributed by atoms with Crippen LogP contribution in [0.2, 0.25) is 0 Å². The number of likely N-dealkylation sites (N-methyl/N-ethyl adjacent to an activating group) is 1. The molecule has 2 N–H and O–H groups in total. The number of rotatable bonds is 7. The van der Waals surface area contributed by atoms with Gasteiger partial charge in [-0.1, -0.05) is 19.1 Å². The standard InChI is InChI=1S/C26H32N4O4/c1-3-23-21(16-25(31)32)14-20-15-22(8-9-24(20)34-23)28-26(33)19-6-4-18(5-7-19)17-27-30-12-10-29(2)11-13-30/h4-9,15,17,21,23H,3,10-14,16H2,1-2H3,(H,28,33)(H,31,32). The molecule has 0 aromatic heterocycles. The number of nitrogens with one attached hydrogen (secondary N) is 1. The fraction of sp³-hybridized carbons (Fsp3) is 0.423. The van der Waals surface area contributed by atoms with E-state index in [0.29, 0.717) is 17.7 Å². The lowest BCUT2D eigenvalue weighted by Gasteiger charge is -2.32. The van der Waals surface area contributed by atoms with E-state index in [9.17, 15) is 14.7 Å². The first-order valence-electron chi connectivity index (χ1n) is 11.8. The molecule has 180 valence electrons. The van der Waals surface area contributed by atoms with Gasteiger partial charge in [-0.05, 0) is 61.3 Å². The zero-order chi connectivity index (χ0) is 24.1. The fourth-order valence-corrected chi connectivity index (χ4v) is 4.43. The van der Waals surface area contributed by atoms with E-state index in [1.807, 2.05) is 43.5 Å².